The summed E-state index contributed by atoms with van der Waals surface area (Å²) in [6.45, 7) is 6.07. The molecule has 0 bridgehead atoms. The molecule has 1 saturated heterocycles. The average molecular weight is 407 g/mol. The Bertz CT molecular complexity index is 871. The van der Waals surface area contributed by atoms with E-state index in [1.807, 2.05) is 0 Å². The zero-order chi connectivity index (χ0) is 20.1. The van der Waals surface area contributed by atoms with E-state index in [1.165, 1.54) is 12.6 Å². The van der Waals surface area contributed by atoms with Crippen LogP contribution in [0.4, 0.5) is 10.5 Å². The molecule has 2 aromatic rings. The minimum Gasteiger partial charge on any atom is -0.447 e. The highest BCUT2D eigenvalue weighted by Crippen LogP contribution is 2.26. The van der Waals surface area contributed by atoms with Crippen LogP contribution in [0.25, 0.3) is 0 Å². The number of urea groups is 1. The number of carbonyl (C=O) groups is 1. The number of anilines is 1. The van der Waals surface area contributed by atoms with Crippen molar-refractivity contribution in [1.29, 1.82) is 0 Å². The summed E-state index contributed by atoms with van der Waals surface area (Å²) in [4.78, 5) is 18.3. The van der Waals surface area contributed by atoms with Gasteiger partial charge in [-0.25, -0.2) is 18.2 Å². The summed E-state index contributed by atoms with van der Waals surface area (Å²) < 4.78 is 30.8. The first kappa shape index (κ1) is 20.3. The van der Waals surface area contributed by atoms with E-state index in [0.29, 0.717) is 35.2 Å². The second-order valence-electron chi connectivity index (χ2n) is 7.17. The number of carbonyl (C=O) groups excluding carboxylic acids is 1. The van der Waals surface area contributed by atoms with Crippen molar-refractivity contribution in [2.75, 3.05) is 18.4 Å². The van der Waals surface area contributed by atoms with Gasteiger partial charge in [-0.05, 0) is 64.0 Å². The first-order valence-corrected chi connectivity index (χ1v) is 10.9. The summed E-state index contributed by atoms with van der Waals surface area (Å²) in [5.41, 5.74) is 0.517. The van der Waals surface area contributed by atoms with Gasteiger partial charge in [-0.3, -0.25) is 0 Å². The summed E-state index contributed by atoms with van der Waals surface area (Å²) in [6, 6.07) is 6.33. The lowest BCUT2D eigenvalue weighted by molar-refractivity contribution is 0.186. The molecule has 2 N–H and O–H groups in total. The van der Waals surface area contributed by atoms with Gasteiger partial charge in [0.15, 0.2) is 16.2 Å². The maximum Gasteiger partial charge on any atom is 0.319 e. The number of amides is 2. The minimum absolute atomic E-state index is 0.216. The molecule has 0 atom stereocenters. The molecule has 1 aromatic carbocycles. The lowest BCUT2D eigenvalue weighted by Crippen LogP contribution is -2.42. The third-order valence-corrected chi connectivity index (χ3v) is 7.27. The number of nitrogens with zero attached hydrogens (tertiary/aromatic N) is 2. The highest BCUT2D eigenvalue weighted by molar-refractivity contribution is 7.92. The molecule has 1 fully saturated rings. The van der Waals surface area contributed by atoms with Crippen molar-refractivity contribution in [2.24, 2.45) is 0 Å². The van der Waals surface area contributed by atoms with Crippen LogP contribution < -0.4 is 10.6 Å². The van der Waals surface area contributed by atoms with E-state index in [9.17, 15) is 13.2 Å². The topological polar surface area (TPSA) is 105 Å². The molecule has 1 aromatic heterocycles. The Kier molecular flexibility index (Phi) is 6.35. The van der Waals surface area contributed by atoms with Gasteiger partial charge in [-0.1, -0.05) is 0 Å². The number of nitrogens with one attached hydrogen (secondary N) is 2. The van der Waals surface area contributed by atoms with Crippen molar-refractivity contribution in [2.45, 2.75) is 49.4 Å². The molecule has 0 unspecified atom stereocenters. The molecule has 8 nitrogen and oxygen atoms in total. The first-order valence-electron chi connectivity index (χ1n) is 9.36. The molecule has 2 heterocycles. The van der Waals surface area contributed by atoms with E-state index in [1.54, 1.807) is 24.3 Å². The van der Waals surface area contributed by atoms with Crippen molar-refractivity contribution >= 4 is 21.6 Å². The maximum atomic E-state index is 12.9. The molecule has 3 rings (SSSR count). The summed E-state index contributed by atoms with van der Waals surface area (Å²) in [5.74, 6) is 0.542. The Hall–Kier alpha value is -2.39. The first-order chi connectivity index (χ1) is 13.4. The molecule has 1 aliphatic heterocycles. The fourth-order valence-corrected chi connectivity index (χ4v) is 5.03. The van der Waals surface area contributed by atoms with E-state index in [2.05, 4.69) is 34.4 Å². The van der Waals surface area contributed by atoms with Gasteiger partial charge in [0.25, 0.3) is 0 Å². The van der Waals surface area contributed by atoms with Gasteiger partial charge in [0.1, 0.15) is 5.76 Å². The van der Waals surface area contributed by atoms with Gasteiger partial charge in [-0.2, -0.15) is 0 Å². The van der Waals surface area contributed by atoms with Crippen LogP contribution in [0.5, 0.6) is 0 Å². The minimum atomic E-state index is -3.37. The van der Waals surface area contributed by atoms with Crippen molar-refractivity contribution in [3.63, 3.8) is 0 Å². The quantitative estimate of drug-likeness (QED) is 0.764. The molecule has 0 spiro atoms. The van der Waals surface area contributed by atoms with Crippen LogP contribution in [0.1, 0.15) is 32.4 Å². The molecule has 28 heavy (non-hydrogen) atoms. The average Bonchev–Trinajstić information content (AvgIpc) is 3.20. The maximum absolute atomic E-state index is 12.9. The summed E-state index contributed by atoms with van der Waals surface area (Å²) in [6.07, 6.45) is 4.10. The van der Waals surface area contributed by atoms with E-state index in [-0.39, 0.29) is 11.8 Å². The Morgan fingerprint density at radius 3 is 2.50 bits per heavy atom. The van der Waals surface area contributed by atoms with E-state index < -0.39 is 15.9 Å². The van der Waals surface area contributed by atoms with Gasteiger partial charge < -0.3 is 20.0 Å². The van der Waals surface area contributed by atoms with Crippen molar-refractivity contribution in [3.8, 4) is 0 Å². The lowest BCUT2D eigenvalue weighted by atomic mass is 10.1. The van der Waals surface area contributed by atoms with Crippen LogP contribution in [0.15, 0.2) is 46.2 Å². The summed E-state index contributed by atoms with van der Waals surface area (Å²) >= 11 is 0. The SMILES string of the molecule is CC(C)N1CCC(S(=O)(=O)c2ccc(NC(=O)NCc3cnco3)cc2)CC1. The Labute approximate surface area is 165 Å². The zero-order valence-corrected chi connectivity index (χ0v) is 16.9. The van der Waals surface area contributed by atoms with Crippen LogP contribution in [-0.2, 0) is 16.4 Å². The summed E-state index contributed by atoms with van der Waals surface area (Å²) in [5, 5.41) is 4.95. The second-order valence-corrected chi connectivity index (χ2v) is 9.40. The normalized spacial score (nSPS) is 16.2. The van der Waals surface area contributed by atoms with E-state index >= 15 is 0 Å². The molecule has 2 amide bonds. The van der Waals surface area contributed by atoms with Gasteiger partial charge in [0.05, 0.1) is 22.9 Å². The molecule has 0 saturated carbocycles. The predicted molar refractivity (Wildman–Crippen MR) is 106 cm³/mol. The number of aromatic nitrogens is 1. The molecular weight excluding hydrogens is 380 g/mol. The van der Waals surface area contributed by atoms with Gasteiger partial charge in [0, 0.05) is 11.7 Å². The third-order valence-electron chi connectivity index (χ3n) is 4.99. The Morgan fingerprint density at radius 1 is 1.25 bits per heavy atom. The van der Waals surface area contributed by atoms with Crippen molar-refractivity contribution in [1.82, 2.24) is 15.2 Å². The van der Waals surface area contributed by atoms with Crippen LogP contribution in [-0.4, -0.2) is 48.7 Å². The number of sulfone groups is 1. The van der Waals surface area contributed by atoms with Crippen LogP contribution in [0, 0.1) is 0 Å². The van der Waals surface area contributed by atoms with Crippen molar-refractivity contribution in [3.05, 3.63) is 42.6 Å². The van der Waals surface area contributed by atoms with Gasteiger partial charge in [-0.15, -0.1) is 0 Å². The smallest absolute Gasteiger partial charge is 0.319 e. The molecule has 152 valence electrons. The number of benzene rings is 1. The highest BCUT2D eigenvalue weighted by atomic mass is 32.2. The number of hydrogen-bond acceptors (Lipinski definition) is 6. The fraction of sp³-hybridized carbons (Fsp3) is 0.474. The fourth-order valence-electron chi connectivity index (χ4n) is 3.29. The van der Waals surface area contributed by atoms with Crippen LogP contribution >= 0.6 is 0 Å². The largest absolute Gasteiger partial charge is 0.447 e. The van der Waals surface area contributed by atoms with Crippen LogP contribution in [0.3, 0.4) is 0 Å². The van der Waals surface area contributed by atoms with Crippen LogP contribution in [0.2, 0.25) is 0 Å². The number of likely N-dealkylation sites (tertiary alicyclic amines) is 1. The van der Waals surface area contributed by atoms with Gasteiger partial charge in [0.2, 0.25) is 0 Å². The lowest BCUT2D eigenvalue weighted by Gasteiger charge is -2.34. The molecule has 0 aliphatic carbocycles. The molecule has 0 radical (unpaired) electrons. The molecule has 9 heteroatoms. The zero-order valence-electron chi connectivity index (χ0n) is 16.1. The highest BCUT2D eigenvalue weighted by Gasteiger charge is 2.31. The number of rotatable bonds is 6. The predicted octanol–water partition coefficient (Wildman–Crippen LogP) is 2.64. The second kappa shape index (κ2) is 8.74. The number of hydrogen-bond donors (Lipinski definition) is 2. The van der Waals surface area contributed by atoms with E-state index in [0.717, 1.165) is 13.1 Å². The van der Waals surface area contributed by atoms with Gasteiger partial charge >= 0.3 is 6.03 Å². The third kappa shape index (κ3) is 4.90. The monoisotopic (exact) mass is 406 g/mol. The number of oxazole rings is 1. The van der Waals surface area contributed by atoms with E-state index in [4.69, 9.17) is 4.42 Å². The standard InChI is InChI=1S/C19H26N4O4S/c1-14(2)23-9-7-18(8-10-23)28(25,26)17-5-3-15(4-6-17)22-19(24)21-12-16-11-20-13-27-16/h3-6,11,13-14,18H,7-10,12H2,1-2H3,(H2,21,22,24). The Morgan fingerprint density at radius 2 is 1.93 bits per heavy atom. The molecule has 1 aliphatic rings. The number of piperidine rings is 1. The molecular formula is C19H26N4O4S. The summed E-state index contributed by atoms with van der Waals surface area (Å²) in [7, 11) is -3.37. The van der Waals surface area contributed by atoms with Crippen molar-refractivity contribution < 1.29 is 17.6 Å². The Balaban J connectivity index is 1.56.